The summed E-state index contributed by atoms with van der Waals surface area (Å²) in [5, 5.41) is 3.24. The second-order valence-corrected chi connectivity index (χ2v) is 7.65. The van der Waals surface area contributed by atoms with Crippen LogP contribution in [0.25, 0.3) is 0 Å². The summed E-state index contributed by atoms with van der Waals surface area (Å²) < 4.78 is 0. The molecule has 1 N–H and O–H groups in total. The monoisotopic (exact) mass is 372 g/mol. The van der Waals surface area contributed by atoms with E-state index in [0.717, 1.165) is 29.3 Å². The lowest BCUT2D eigenvalue weighted by Crippen LogP contribution is -2.63. The van der Waals surface area contributed by atoms with E-state index in [-0.39, 0.29) is 5.91 Å². The third-order valence-electron chi connectivity index (χ3n) is 4.48. The van der Waals surface area contributed by atoms with E-state index in [1.54, 1.807) is 18.8 Å². The zero-order chi connectivity index (χ0) is 18.7. The Hall–Kier alpha value is -2.28. The molecule has 1 aromatic carbocycles. The molecule has 2 atom stereocenters. The van der Waals surface area contributed by atoms with Crippen molar-refractivity contribution in [2.75, 3.05) is 19.3 Å². The van der Waals surface area contributed by atoms with Crippen molar-refractivity contribution in [1.82, 2.24) is 15.1 Å². The standard InChI is InChI=1S/C19H24N4O2S/c1-13(2)12-26-19-20-16-15(17(24)21-18(25)22(16)3)23(19)11-7-10-14-8-5-4-6-9-14/h4-6,8-9,15-16H,1,7,10-12H2,2-3H3,(H,21,24,25). The molecule has 3 rings (SSSR count). The lowest BCUT2D eigenvalue weighted by atomic mass is 10.1. The van der Waals surface area contributed by atoms with E-state index >= 15 is 0 Å². The van der Waals surface area contributed by atoms with Crippen LogP contribution in [0.2, 0.25) is 0 Å². The van der Waals surface area contributed by atoms with Gasteiger partial charge in [0.15, 0.2) is 17.4 Å². The summed E-state index contributed by atoms with van der Waals surface area (Å²) in [4.78, 5) is 32.6. The summed E-state index contributed by atoms with van der Waals surface area (Å²) in [7, 11) is 1.68. The van der Waals surface area contributed by atoms with E-state index in [0.29, 0.717) is 6.54 Å². The number of urea groups is 1. The molecular weight excluding hydrogens is 348 g/mol. The highest BCUT2D eigenvalue weighted by atomic mass is 32.2. The maximum absolute atomic E-state index is 12.5. The van der Waals surface area contributed by atoms with Crippen molar-refractivity contribution in [2.24, 2.45) is 4.99 Å². The van der Waals surface area contributed by atoms with Crippen LogP contribution in [-0.4, -0.2) is 58.5 Å². The summed E-state index contributed by atoms with van der Waals surface area (Å²) in [5.74, 6) is 0.472. The number of hydrogen-bond donors (Lipinski definition) is 1. The molecule has 0 aromatic heterocycles. The Bertz CT molecular complexity index is 734. The summed E-state index contributed by atoms with van der Waals surface area (Å²) >= 11 is 1.58. The molecule has 7 heteroatoms. The third kappa shape index (κ3) is 3.93. The molecule has 6 nitrogen and oxygen atoms in total. The van der Waals surface area contributed by atoms with Gasteiger partial charge in [-0.3, -0.25) is 10.1 Å². The Balaban J connectivity index is 1.73. The zero-order valence-corrected chi connectivity index (χ0v) is 16.0. The molecule has 1 saturated heterocycles. The summed E-state index contributed by atoms with van der Waals surface area (Å²) in [6.07, 6.45) is 1.38. The number of rotatable bonds is 6. The number of aliphatic imine (C=N–C) groups is 1. The van der Waals surface area contributed by atoms with Crippen LogP contribution in [0, 0.1) is 0 Å². The molecule has 0 aliphatic carbocycles. The molecule has 0 saturated carbocycles. The number of aryl methyl sites for hydroxylation is 1. The van der Waals surface area contributed by atoms with Crippen molar-refractivity contribution in [2.45, 2.75) is 32.0 Å². The molecule has 3 amide bonds. The highest BCUT2D eigenvalue weighted by Gasteiger charge is 2.48. The van der Waals surface area contributed by atoms with Crippen LogP contribution >= 0.6 is 11.8 Å². The molecule has 26 heavy (non-hydrogen) atoms. The first-order chi connectivity index (χ1) is 12.5. The lowest BCUT2D eigenvalue weighted by Gasteiger charge is -2.36. The number of imide groups is 1. The van der Waals surface area contributed by atoms with Crippen molar-refractivity contribution in [3.05, 3.63) is 48.0 Å². The second-order valence-electron chi connectivity index (χ2n) is 6.70. The van der Waals surface area contributed by atoms with Crippen molar-refractivity contribution < 1.29 is 9.59 Å². The fourth-order valence-electron chi connectivity index (χ4n) is 3.14. The average molecular weight is 372 g/mol. The minimum absolute atomic E-state index is 0.271. The van der Waals surface area contributed by atoms with Crippen LogP contribution in [0.3, 0.4) is 0 Å². The van der Waals surface area contributed by atoms with Gasteiger partial charge < -0.3 is 9.80 Å². The number of fused-ring (bicyclic) bond motifs is 1. The molecule has 0 spiro atoms. The van der Waals surface area contributed by atoms with E-state index in [9.17, 15) is 9.59 Å². The van der Waals surface area contributed by atoms with E-state index in [1.807, 2.05) is 30.0 Å². The topological polar surface area (TPSA) is 65.0 Å². The molecule has 2 aliphatic heterocycles. The normalized spacial score (nSPS) is 22.2. The largest absolute Gasteiger partial charge is 0.336 e. The SMILES string of the molecule is C=C(C)CSC1=NC2C(C(=O)NC(=O)N2C)N1CCCc1ccccc1. The number of hydrogen-bond acceptors (Lipinski definition) is 5. The molecule has 0 radical (unpaired) electrons. The quantitative estimate of drug-likeness (QED) is 0.779. The Morgan fingerprint density at radius 3 is 2.73 bits per heavy atom. The Morgan fingerprint density at radius 1 is 1.31 bits per heavy atom. The van der Waals surface area contributed by atoms with Gasteiger partial charge in [-0.25, -0.2) is 9.79 Å². The first kappa shape index (κ1) is 18.5. The lowest BCUT2D eigenvalue weighted by molar-refractivity contribution is -0.127. The maximum atomic E-state index is 12.5. The van der Waals surface area contributed by atoms with Crippen LogP contribution in [0.5, 0.6) is 0 Å². The maximum Gasteiger partial charge on any atom is 0.325 e. The van der Waals surface area contributed by atoms with Gasteiger partial charge in [0.2, 0.25) is 0 Å². The number of amidine groups is 1. The van der Waals surface area contributed by atoms with Crippen molar-refractivity contribution in [1.29, 1.82) is 0 Å². The molecule has 2 aliphatic rings. The van der Waals surface area contributed by atoms with Gasteiger partial charge in [-0.2, -0.15) is 0 Å². The smallest absolute Gasteiger partial charge is 0.325 e. The predicted octanol–water partition coefficient (Wildman–Crippen LogP) is 2.48. The number of nitrogens with one attached hydrogen (secondary N) is 1. The minimum atomic E-state index is -0.458. The molecule has 1 aromatic rings. The number of amides is 3. The van der Waals surface area contributed by atoms with Gasteiger partial charge in [-0.05, 0) is 25.3 Å². The first-order valence-electron chi connectivity index (χ1n) is 8.70. The van der Waals surface area contributed by atoms with Gasteiger partial charge in [0, 0.05) is 19.3 Å². The first-order valence-corrected chi connectivity index (χ1v) is 9.69. The average Bonchev–Trinajstić information content (AvgIpc) is 2.98. The van der Waals surface area contributed by atoms with E-state index < -0.39 is 18.2 Å². The number of likely N-dealkylation sites (N-methyl/N-ethyl adjacent to an activating group) is 1. The zero-order valence-electron chi connectivity index (χ0n) is 15.1. The van der Waals surface area contributed by atoms with E-state index in [4.69, 9.17) is 0 Å². The van der Waals surface area contributed by atoms with Crippen LogP contribution in [0.4, 0.5) is 4.79 Å². The Morgan fingerprint density at radius 2 is 2.04 bits per heavy atom. The van der Waals surface area contributed by atoms with Gasteiger partial charge in [-0.15, -0.1) is 0 Å². The Kier molecular flexibility index (Phi) is 5.66. The van der Waals surface area contributed by atoms with Crippen molar-refractivity contribution in [3.63, 3.8) is 0 Å². The summed E-state index contributed by atoms with van der Waals surface area (Å²) in [6, 6.07) is 9.44. The van der Waals surface area contributed by atoms with Crippen molar-refractivity contribution >= 4 is 28.9 Å². The highest BCUT2D eigenvalue weighted by molar-refractivity contribution is 8.13. The number of thioether (sulfide) groups is 1. The fourth-order valence-corrected chi connectivity index (χ4v) is 4.07. The number of carbonyl (C=O) groups is 2. The Labute approximate surface area is 158 Å². The summed E-state index contributed by atoms with van der Waals surface area (Å²) in [5.41, 5.74) is 2.32. The summed E-state index contributed by atoms with van der Waals surface area (Å²) in [6.45, 7) is 6.62. The van der Waals surface area contributed by atoms with Crippen LogP contribution in [-0.2, 0) is 11.2 Å². The second kappa shape index (κ2) is 7.95. The van der Waals surface area contributed by atoms with Crippen molar-refractivity contribution in [3.8, 4) is 0 Å². The van der Waals surface area contributed by atoms with Gasteiger partial charge in [0.05, 0.1) is 0 Å². The van der Waals surface area contributed by atoms with E-state index in [2.05, 4.69) is 29.0 Å². The number of nitrogens with zero attached hydrogens (tertiary/aromatic N) is 3. The molecule has 2 heterocycles. The highest BCUT2D eigenvalue weighted by Crippen LogP contribution is 2.29. The predicted molar refractivity (Wildman–Crippen MR) is 105 cm³/mol. The molecule has 1 fully saturated rings. The van der Waals surface area contributed by atoms with Gasteiger partial charge >= 0.3 is 6.03 Å². The van der Waals surface area contributed by atoms with Crippen LogP contribution < -0.4 is 5.32 Å². The van der Waals surface area contributed by atoms with Crippen LogP contribution in [0.1, 0.15) is 18.9 Å². The molecule has 2 unspecified atom stereocenters. The molecule has 0 bridgehead atoms. The van der Waals surface area contributed by atoms with Gasteiger partial charge in [-0.1, -0.05) is 54.2 Å². The van der Waals surface area contributed by atoms with E-state index in [1.165, 1.54) is 10.5 Å². The van der Waals surface area contributed by atoms with Gasteiger partial charge in [0.25, 0.3) is 5.91 Å². The minimum Gasteiger partial charge on any atom is -0.336 e. The molecular formula is C19H24N4O2S. The third-order valence-corrected chi connectivity index (χ3v) is 5.71. The number of carbonyl (C=O) groups excluding carboxylic acids is 2. The van der Waals surface area contributed by atoms with Crippen LogP contribution in [0.15, 0.2) is 47.5 Å². The fraction of sp³-hybridized carbons (Fsp3) is 0.421. The van der Waals surface area contributed by atoms with Gasteiger partial charge in [0.1, 0.15) is 0 Å². The molecule has 138 valence electrons. The number of benzene rings is 1.